The minimum Gasteiger partial charge on any atom is -0.355 e. The van der Waals surface area contributed by atoms with Crippen molar-refractivity contribution in [3.63, 3.8) is 0 Å². The molecule has 0 radical (unpaired) electrons. The van der Waals surface area contributed by atoms with Crippen LogP contribution < -0.4 is 10.6 Å². The van der Waals surface area contributed by atoms with E-state index in [9.17, 15) is 9.59 Å². The summed E-state index contributed by atoms with van der Waals surface area (Å²) >= 11 is 0. The van der Waals surface area contributed by atoms with Gasteiger partial charge in [0, 0.05) is 13.1 Å². The second-order valence-corrected chi connectivity index (χ2v) is 5.72. The van der Waals surface area contributed by atoms with E-state index in [0.717, 1.165) is 6.42 Å². The van der Waals surface area contributed by atoms with Gasteiger partial charge in [-0.3, -0.25) is 9.59 Å². The zero-order valence-electron chi connectivity index (χ0n) is 13.3. The Morgan fingerprint density at radius 3 is 2.26 bits per heavy atom. The Morgan fingerprint density at radius 1 is 1.04 bits per heavy atom. The number of rotatable bonds is 7. The van der Waals surface area contributed by atoms with Crippen LogP contribution in [0.15, 0.2) is 55.1 Å². The van der Waals surface area contributed by atoms with Gasteiger partial charge >= 0.3 is 0 Å². The second-order valence-electron chi connectivity index (χ2n) is 5.72. The van der Waals surface area contributed by atoms with E-state index >= 15 is 0 Å². The molecule has 0 unspecified atom stereocenters. The number of carbonyl (C=O) groups is 2. The number of benzene rings is 1. The molecular weight excluding hydrogens is 288 g/mol. The van der Waals surface area contributed by atoms with Crippen LogP contribution in [-0.4, -0.2) is 24.9 Å². The molecule has 0 spiro atoms. The molecule has 0 aliphatic heterocycles. The number of carbonyl (C=O) groups excluding carboxylic acids is 2. The predicted octanol–water partition coefficient (Wildman–Crippen LogP) is 2.23. The first-order valence-electron chi connectivity index (χ1n) is 8.07. The lowest BCUT2D eigenvalue weighted by atomic mass is 9.81. The Hall–Kier alpha value is -2.36. The molecule has 0 aromatic heterocycles. The maximum absolute atomic E-state index is 12.4. The van der Waals surface area contributed by atoms with E-state index in [2.05, 4.69) is 17.2 Å². The molecule has 0 heterocycles. The van der Waals surface area contributed by atoms with Gasteiger partial charge in [0.2, 0.25) is 11.8 Å². The lowest BCUT2D eigenvalue weighted by molar-refractivity contribution is -0.134. The molecule has 2 rings (SSSR count). The van der Waals surface area contributed by atoms with E-state index in [1.54, 1.807) is 6.08 Å². The van der Waals surface area contributed by atoms with Crippen molar-refractivity contribution in [3.8, 4) is 0 Å². The van der Waals surface area contributed by atoms with Crippen LogP contribution in [0.25, 0.3) is 0 Å². The maximum atomic E-state index is 12.4. The SMILES string of the molecule is C=CCNC(=O)[C@H]1CC=CC[C@H]1C(=O)NCCc1ccccc1. The summed E-state index contributed by atoms with van der Waals surface area (Å²) in [6.07, 6.45) is 7.63. The van der Waals surface area contributed by atoms with Gasteiger partial charge in [0.25, 0.3) is 0 Å². The summed E-state index contributed by atoms with van der Waals surface area (Å²) < 4.78 is 0. The van der Waals surface area contributed by atoms with E-state index in [-0.39, 0.29) is 23.7 Å². The van der Waals surface area contributed by atoms with Gasteiger partial charge in [-0.1, -0.05) is 48.6 Å². The largest absolute Gasteiger partial charge is 0.355 e. The average Bonchev–Trinajstić information content (AvgIpc) is 2.60. The quantitative estimate of drug-likeness (QED) is 0.759. The van der Waals surface area contributed by atoms with E-state index in [0.29, 0.717) is 25.9 Å². The summed E-state index contributed by atoms with van der Waals surface area (Å²) in [4.78, 5) is 24.6. The van der Waals surface area contributed by atoms with E-state index in [1.165, 1.54) is 5.56 Å². The smallest absolute Gasteiger partial charge is 0.224 e. The number of amides is 2. The molecule has 0 fully saturated rings. The van der Waals surface area contributed by atoms with E-state index in [1.807, 2.05) is 42.5 Å². The molecule has 1 aromatic carbocycles. The number of hydrogen-bond donors (Lipinski definition) is 2. The molecule has 2 atom stereocenters. The van der Waals surface area contributed by atoms with Crippen molar-refractivity contribution in [1.82, 2.24) is 10.6 Å². The maximum Gasteiger partial charge on any atom is 0.224 e. The highest BCUT2D eigenvalue weighted by atomic mass is 16.2. The summed E-state index contributed by atoms with van der Waals surface area (Å²) in [7, 11) is 0. The molecule has 2 N–H and O–H groups in total. The van der Waals surface area contributed by atoms with Crippen molar-refractivity contribution in [2.75, 3.05) is 13.1 Å². The Labute approximate surface area is 137 Å². The van der Waals surface area contributed by atoms with Crippen molar-refractivity contribution < 1.29 is 9.59 Å². The van der Waals surface area contributed by atoms with Gasteiger partial charge in [0.15, 0.2) is 0 Å². The lowest BCUT2D eigenvalue weighted by Crippen LogP contribution is -2.43. The fourth-order valence-corrected chi connectivity index (χ4v) is 2.80. The van der Waals surface area contributed by atoms with Crippen LogP contribution >= 0.6 is 0 Å². The first-order chi connectivity index (χ1) is 11.2. The third-order valence-corrected chi connectivity index (χ3v) is 4.08. The van der Waals surface area contributed by atoms with Gasteiger partial charge in [-0.2, -0.15) is 0 Å². The fourth-order valence-electron chi connectivity index (χ4n) is 2.80. The highest BCUT2D eigenvalue weighted by molar-refractivity contribution is 5.88. The molecule has 1 aliphatic rings. The zero-order valence-corrected chi connectivity index (χ0v) is 13.3. The minimum absolute atomic E-state index is 0.0379. The van der Waals surface area contributed by atoms with Gasteiger partial charge in [0.1, 0.15) is 0 Å². The van der Waals surface area contributed by atoms with Gasteiger partial charge in [0.05, 0.1) is 11.8 Å². The summed E-state index contributed by atoms with van der Waals surface area (Å²) in [6, 6.07) is 10.0. The van der Waals surface area contributed by atoms with E-state index < -0.39 is 0 Å². The van der Waals surface area contributed by atoms with Crippen LogP contribution in [0.4, 0.5) is 0 Å². The third-order valence-electron chi connectivity index (χ3n) is 4.08. The Bertz CT molecular complexity index is 566. The van der Waals surface area contributed by atoms with Crippen molar-refractivity contribution in [2.24, 2.45) is 11.8 Å². The highest BCUT2D eigenvalue weighted by Crippen LogP contribution is 2.26. The Balaban J connectivity index is 1.86. The topological polar surface area (TPSA) is 58.2 Å². The molecule has 4 heteroatoms. The molecule has 0 saturated heterocycles. The van der Waals surface area contributed by atoms with Crippen molar-refractivity contribution >= 4 is 11.8 Å². The van der Waals surface area contributed by atoms with Crippen molar-refractivity contribution in [2.45, 2.75) is 19.3 Å². The zero-order chi connectivity index (χ0) is 16.5. The van der Waals surface area contributed by atoms with Gasteiger partial charge < -0.3 is 10.6 Å². The van der Waals surface area contributed by atoms with Crippen LogP contribution in [0.2, 0.25) is 0 Å². The first kappa shape index (κ1) is 17.0. The van der Waals surface area contributed by atoms with Crippen LogP contribution in [-0.2, 0) is 16.0 Å². The van der Waals surface area contributed by atoms with Crippen LogP contribution in [0, 0.1) is 11.8 Å². The van der Waals surface area contributed by atoms with Crippen LogP contribution in [0.3, 0.4) is 0 Å². The van der Waals surface area contributed by atoms with E-state index in [4.69, 9.17) is 0 Å². The van der Waals surface area contributed by atoms with Crippen LogP contribution in [0.5, 0.6) is 0 Å². The molecule has 1 aromatic rings. The Kier molecular flexibility index (Phi) is 6.60. The van der Waals surface area contributed by atoms with Crippen molar-refractivity contribution in [3.05, 3.63) is 60.7 Å². The molecule has 122 valence electrons. The monoisotopic (exact) mass is 312 g/mol. The normalized spacial score (nSPS) is 19.8. The summed E-state index contributed by atoms with van der Waals surface area (Å²) in [5.41, 5.74) is 1.19. The second kappa shape index (κ2) is 8.93. The minimum atomic E-state index is -0.295. The molecular formula is C19H24N2O2. The average molecular weight is 312 g/mol. The molecule has 4 nitrogen and oxygen atoms in total. The molecule has 0 bridgehead atoms. The first-order valence-corrected chi connectivity index (χ1v) is 8.07. The molecule has 1 aliphatic carbocycles. The predicted molar refractivity (Wildman–Crippen MR) is 91.7 cm³/mol. The van der Waals surface area contributed by atoms with Gasteiger partial charge in [-0.15, -0.1) is 6.58 Å². The number of hydrogen-bond acceptors (Lipinski definition) is 2. The molecule has 2 amide bonds. The third kappa shape index (κ3) is 5.09. The summed E-state index contributed by atoms with van der Waals surface area (Å²) in [6.45, 7) is 4.61. The lowest BCUT2D eigenvalue weighted by Gasteiger charge is -2.26. The van der Waals surface area contributed by atoms with Crippen molar-refractivity contribution in [1.29, 1.82) is 0 Å². The van der Waals surface area contributed by atoms with Gasteiger partial charge in [-0.05, 0) is 24.8 Å². The molecule has 23 heavy (non-hydrogen) atoms. The molecule has 0 saturated carbocycles. The number of nitrogens with one attached hydrogen (secondary N) is 2. The standard InChI is InChI=1S/C19H24N2O2/c1-2-13-20-18(22)16-10-6-7-11-17(16)19(23)21-14-12-15-8-4-3-5-9-15/h2-9,16-17H,1,10-14H2,(H,20,22)(H,21,23)/t16-,17+/m0/s1. The summed E-state index contributed by atoms with van der Waals surface area (Å²) in [5.74, 6) is -0.696. The fraction of sp³-hybridized carbons (Fsp3) is 0.368. The summed E-state index contributed by atoms with van der Waals surface area (Å²) in [5, 5.41) is 5.77. The highest BCUT2D eigenvalue weighted by Gasteiger charge is 2.33. The Morgan fingerprint density at radius 2 is 1.65 bits per heavy atom. The van der Waals surface area contributed by atoms with Crippen LogP contribution in [0.1, 0.15) is 18.4 Å². The number of allylic oxidation sites excluding steroid dienone is 2. The van der Waals surface area contributed by atoms with Gasteiger partial charge in [-0.25, -0.2) is 0 Å².